The van der Waals surface area contributed by atoms with E-state index in [-0.39, 0.29) is 22.2 Å². The van der Waals surface area contributed by atoms with E-state index in [1.165, 1.54) is 26.4 Å². The van der Waals surface area contributed by atoms with E-state index in [4.69, 9.17) is 9.47 Å². The zero-order valence-corrected chi connectivity index (χ0v) is 20.9. The van der Waals surface area contributed by atoms with E-state index in [0.717, 1.165) is 16.7 Å². The highest BCUT2D eigenvalue weighted by molar-refractivity contribution is 7.91. The summed E-state index contributed by atoms with van der Waals surface area (Å²) >= 11 is 0. The predicted molar refractivity (Wildman–Crippen MR) is 132 cm³/mol. The summed E-state index contributed by atoms with van der Waals surface area (Å²) in [5.41, 5.74) is 3.97. The standard InChI is InChI=1S/C26H30N2O5S/c1-17-6-8-20(9-7-17)15-28-25(29)16-27-22-13-18(2)12-19(3)26(22)34(30,31)21-10-11-23(32-4)24(14-21)33-5/h6-14,27H,15-16H2,1-5H3,(H,28,29). The van der Waals surface area contributed by atoms with E-state index in [2.05, 4.69) is 10.6 Å². The lowest BCUT2D eigenvalue weighted by atomic mass is 10.1. The number of hydrogen-bond acceptors (Lipinski definition) is 6. The summed E-state index contributed by atoms with van der Waals surface area (Å²) in [4.78, 5) is 12.7. The summed E-state index contributed by atoms with van der Waals surface area (Å²) in [5.74, 6) is 0.512. The van der Waals surface area contributed by atoms with Gasteiger partial charge in [0.25, 0.3) is 0 Å². The molecular weight excluding hydrogens is 452 g/mol. The smallest absolute Gasteiger partial charge is 0.239 e. The van der Waals surface area contributed by atoms with Crippen LogP contribution in [-0.4, -0.2) is 35.1 Å². The number of sulfone groups is 1. The molecule has 1 amide bonds. The van der Waals surface area contributed by atoms with Gasteiger partial charge in [-0.2, -0.15) is 0 Å². The molecule has 0 aromatic heterocycles. The van der Waals surface area contributed by atoms with Gasteiger partial charge in [-0.25, -0.2) is 8.42 Å². The normalized spacial score (nSPS) is 11.1. The van der Waals surface area contributed by atoms with Crippen molar-refractivity contribution in [3.8, 4) is 11.5 Å². The number of amides is 1. The van der Waals surface area contributed by atoms with Crippen LogP contribution in [0.25, 0.3) is 0 Å². The molecule has 2 N–H and O–H groups in total. The fourth-order valence-corrected chi connectivity index (χ4v) is 5.34. The Morgan fingerprint density at radius 3 is 2.18 bits per heavy atom. The molecule has 3 rings (SSSR count). The number of hydrogen-bond donors (Lipinski definition) is 2. The van der Waals surface area contributed by atoms with Gasteiger partial charge in [-0.3, -0.25) is 4.79 Å². The summed E-state index contributed by atoms with van der Waals surface area (Å²) < 4.78 is 37.7. The maximum Gasteiger partial charge on any atom is 0.239 e. The zero-order valence-electron chi connectivity index (χ0n) is 20.1. The maximum atomic E-state index is 13.6. The fraction of sp³-hybridized carbons (Fsp3) is 0.269. The van der Waals surface area contributed by atoms with Crippen molar-refractivity contribution in [2.45, 2.75) is 37.1 Å². The van der Waals surface area contributed by atoms with Crippen molar-refractivity contribution >= 4 is 21.4 Å². The number of carbonyl (C=O) groups excluding carboxylic acids is 1. The van der Waals surface area contributed by atoms with E-state index in [1.54, 1.807) is 25.1 Å². The van der Waals surface area contributed by atoms with Crippen molar-refractivity contribution in [2.24, 2.45) is 0 Å². The second-order valence-corrected chi connectivity index (χ2v) is 9.98. The van der Waals surface area contributed by atoms with Crippen molar-refractivity contribution < 1.29 is 22.7 Å². The number of aryl methyl sites for hydroxylation is 3. The Morgan fingerprint density at radius 1 is 0.853 bits per heavy atom. The molecule has 0 atom stereocenters. The molecule has 0 aliphatic rings. The monoisotopic (exact) mass is 482 g/mol. The van der Waals surface area contributed by atoms with Crippen LogP contribution in [0.2, 0.25) is 0 Å². The molecular formula is C26H30N2O5S. The van der Waals surface area contributed by atoms with E-state index >= 15 is 0 Å². The van der Waals surface area contributed by atoms with E-state index in [1.807, 2.05) is 38.1 Å². The van der Waals surface area contributed by atoms with Crippen molar-refractivity contribution in [3.63, 3.8) is 0 Å². The van der Waals surface area contributed by atoms with Crippen molar-refractivity contribution in [3.05, 3.63) is 76.9 Å². The largest absolute Gasteiger partial charge is 0.493 e. The van der Waals surface area contributed by atoms with Crippen LogP contribution in [0.15, 0.2) is 64.4 Å². The average molecular weight is 483 g/mol. The third-order valence-electron chi connectivity index (χ3n) is 5.40. The molecule has 0 fully saturated rings. The van der Waals surface area contributed by atoms with Crippen LogP contribution >= 0.6 is 0 Å². The number of nitrogens with one attached hydrogen (secondary N) is 2. The number of methoxy groups -OCH3 is 2. The molecule has 8 heteroatoms. The first-order valence-corrected chi connectivity index (χ1v) is 12.3. The lowest BCUT2D eigenvalue weighted by Crippen LogP contribution is -2.29. The van der Waals surface area contributed by atoms with Crippen LogP contribution in [0.1, 0.15) is 22.3 Å². The van der Waals surface area contributed by atoms with Crippen molar-refractivity contribution in [1.82, 2.24) is 5.32 Å². The number of anilines is 1. The molecule has 0 bridgehead atoms. The molecule has 7 nitrogen and oxygen atoms in total. The lowest BCUT2D eigenvalue weighted by Gasteiger charge is -2.17. The number of benzene rings is 3. The van der Waals surface area contributed by atoms with Gasteiger partial charge in [-0.15, -0.1) is 0 Å². The van der Waals surface area contributed by atoms with Gasteiger partial charge >= 0.3 is 0 Å². The Labute approximate surface area is 201 Å². The van der Waals surface area contributed by atoms with E-state index in [0.29, 0.717) is 29.3 Å². The second kappa shape index (κ2) is 10.6. The first-order chi connectivity index (χ1) is 16.1. The average Bonchev–Trinajstić information content (AvgIpc) is 2.81. The minimum absolute atomic E-state index is 0.0663. The van der Waals surface area contributed by atoms with Crippen LogP contribution in [0, 0.1) is 20.8 Å². The Morgan fingerprint density at radius 2 is 1.53 bits per heavy atom. The minimum Gasteiger partial charge on any atom is -0.493 e. The van der Waals surface area contributed by atoms with Gasteiger partial charge < -0.3 is 20.1 Å². The van der Waals surface area contributed by atoms with Crippen LogP contribution < -0.4 is 20.1 Å². The summed E-state index contributed by atoms with van der Waals surface area (Å²) in [6.45, 7) is 5.95. The first kappa shape index (κ1) is 25.1. The Kier molecular flexibility index (Phi) is 7.83. The topological polar surface area (TPSA) is 93.7 Å². The first-order valence-electron chi connectivity index (χ1n) is 10.8. The Hall–Kier alpha value is -3.52. The summed E-state index contributed by atoms with van der Waals surface area (Å²) in [6, 6.07) is 15.9. The van der Waals surface area contributed by atoms with Crippen molar-refractivity contribution in [2.75, 3.05) is 26.1 Å². The summed E-state index contributed by atoms with van der Waals surface area (Å²) in [7, 11) is -0.972. The second-order valence-electron chi connectivity index (χ2n) is 8.09. The van der Waals surface area contributed by atoms with E-state index < -0.39 is 9.84 Å². The minimum atomic E-state index is -3.91. The van der Waals surface area contributed by atoms with Crippen molar-refractivity contribution in [1.29, 1.82) is 0 Å². The summed E-state index contributed by atoms with van der Waals surface area (Å²) in [6.07, 6.45) is 0. The highest BCUT2D eigenvalue weighted by Crippen LogP contribution is 2.36. The number of rotatable bonds is 9. The summed E-state index contributed by atoms with van der Waals surface area (Å²) in [5, 5.41) is 5.87. The highest BCUT2D eigenvalue weighted by atomic mass is 32.2. The van der Waals surface area contributed by atoms with Gasteiger partial charge in [0.15, 0.2) is 11.5 Å². The van der Waals surface area contributed by atoms with Gasteiger partial charge in [0.05, 0.1) is 36.2 Å². The van der Waals surface area contributed by atoms with Crippen LogP contribution in [0.5, 0.6) is 11.5 Å². The van der Waals surface area contributed by atoms with Gasteiger partial charge in [0.2, 0.25) is 15.7 Å². The van der Waals surface area contributed by atoms with Gasteiger partial charge in [0.1, 0.15) is 0 Å². The lowest BCUT2D eigenvalue weighted by molar-refractivity contribution is -0.119. The number of ether oxygens (including phenoxy) is 2. The molecule has 34 heavy (non-hydrogen) atoms. The molecule has 3 aromatic rings. The Bertz CT molecular complexity index is 1290. The van der Waals surface area contributed by atoms with Gasteiger partial charge in [0, 0.05) is 12.6 Å². The van der Waals surface area contributed by atoms with Crippen LogP contribution in [0.4, 0.5) is 5.69 Å². The molecule has 0 heterocycles. The SMILES string of the molecule is COc1ccc(S(=O)(=O)c2c(C)cc(C)cc2NCC(=O)NCc2ccc(C)cc2)cc1OC. The number of carbonyl (C=O) groups is 1. The molecule has 0 radical (unpaired) electrons. The van der Waals surface area contributed by atoms with Gasteiger partial charge in [-0.05, 0) is 55.7 Å². The molecule has 3 aromatic carbocycles. The quantitative estimate of drug-likeness (QED) is 0.475. The Balaban J connectivity index is 1.84. The fourth-order valence-electron chi connectivity index (χ4n) is 3.69. The molecule has 0 saturated carbocycles. The van der Waals surface area contributed by atoms with Crippen LogP contribution in [0.3, 0.4) is 0 Å². The highest BCUT2D eigenvalue weighted by Gasteiger charge is 2.26. The third kappa shape index (κ3) is 5.69. The molecule has 0 aliphatic heterocycles. The molecule has 180 valence electrons. The predicted octanol–water partition coefficient (Wildman–Crippen LogP) is 4.19. The molecule has 0 unspecified atom stereocenters. The molecule has 0 aliphatic carbocycles. The maximum absolute atomic E-state index is 13.6. The van der Waals surface area contributed by atoms with Crippen LogP contribution in [-0.2, 0) is 21.2 Å². The van der Waals surface area contributed by atoms with E-state index in [9.17, 15) is 13.2 Å². The zero-order chi connectivity index (χ0) is 24.9. The molecule has 0 spiro atoms. The third-order valence-corrected chi connectivity index (χ3v) is 7.36. The molecule has 0 saturated heterocycles. The van der Waals surface area contributed by atoms with Gasteiger partial charge in [-0.1, -0.05) is 35.9 Å².